The van der Waals surface area contributed by atoms with E-state index in [1.807, 2.05) is 19.1 Å². The zero-order valence-electron chi connectivity index (χ0n) is 12.1. The summed E-state index contributed by atoms with van der Waals surface area (Å²) in [5.41, 5.74) is 2.23. The van der Waals surface area contributed by atoms with Gasteiger partial charge >= 0.3 is 0 Å². The van der Waals surface area contributed by atoms with Crippen LogP contribution in [0.25, 0.3) is 0 Å². The van der Waals surface area contributed by atoms with Crippen LogP contribution in [0.15, 0.2) is 18.2 Å². The van der Waals surface area contributed by atoms with Crippen molar-refractivity contribution in [2.24, 2.45) is 5.92 Å². The average Bonchev–Trinajstić information content (AvgIpc) is 2.45. The summed E-state index contributed by atoms with van der Waals surface area (Å²) < 4.78 is 5.24. The van der Waals surface area contributed by atoms with Crippen molar-refractivity contribution in [1.29, 1.82) is 0 Å². The molecule has 0 spiro atoms. The number of nitrogens with one attached hydrogen (secondary N) is 2. The van der Waals surface area contributed by atoms with E-state index in [0.717, 1.165) is 42.8 Å². The standard InChI is InChI=1S/C15H22N2O2.ClH/c1-11-7-12(9-14(8-11)19-2)10-17-15(18)13-3-5-16-6-4-13;/h7-9,13,16H,3-6,10H2,1-2H3,(H,17,18);1H. The van der Waals surface area contributed by atoms with Gasteiger partial charge in [0.25, 0.3) is 0 Å². The second-order valence-corrected chi connectivity index (χ2v) is 5.10. The fourth-order valence-corrected chi connectivity index (χ4v) is 2.46. The summed E-state index contributed by atoms with van der Waals surface area (Å²) in [7, 11) is 1.66. The molecule has 1 amide bonds. The highest BCUT2D eigenvalue weighted by molar-refractivity contribution is 5.85. The number of hydrogen-bond donors (Lipinski definition) is 2. The lowest BCUT2D eigenvalue weighted by atomic mass is 9.97. The smallest absolute Gasteiger partial charge is 0.223 e. The molecule has 1 aliphatic heterocycles. The van der Waals surface area contributed by atoms with E-state index in [1.54, 1.807) is 7.11 Å². The molecule has 2 rings (SSSR count). The predicted octanol–water partition coefficient (Wildman–Crippen LogP) is 2.04. The lowest BCUT2D eigenvalue weighted by Gasteiger charge is -2.21. The highest BCUT2D eigenvalue weighted by atomic mass is 35.5. The van der Waals surface area contributed by atoms with Crippen molar-refractivity contribution in [3.05, 3.63) is 29.3 Å². The molecule has 0 aliphatic carbocycles. The number of amides is 1. The van der Waals surface area contributed by atoms with Crippen LogP contribution in [0.5, 0.6) is 5.75 Å². The molecule has 5 heteroatoms. The van der Waals surface area contributed by atoms with Crippen molar-refractivity contribution in [2.75, 3.05) is 20.2 Å². The van der Waals surface area contributed by atoms with Crippen LogP contribution in [0.4, 0.5) is 0 Å². The molecular weight excluding hydrogens is 276 g/mol. The molecule has 112 valence electrons. The summed E-state index contributed by atoms with van der Waals surface area (Å²) in [6.45, 7) is 4.48. The van der Waals surface area contributed by atoms with E-state index < -0.39 is 0 Å². The molecule has 0 aromatic heterocycles. The molecule has 1 saturated heterocycles. The Balaban J connectivity index is 0.00000200. The molecule has 1 heterocycles. The Morgan fingerprint density at radius 3 is 2.70 bits per heavy atom. The van der Waals surface area contributed by atoms with E-state index in [-0.39, 0.29) is 24.2 Å². The number of carbonyl (C=O) groups excluding carboxylic acids is 1. The number of aryl methyl sites for hydroxylation is 1. The summed E-state index contributed by atoms with van der Waals surface area (Å²) in [5.74, 6) is 1.17. The van der Waals surface area contributed by atoms with Gasteiger partial charge in [-0.25, -0.2) is 0 Å². The second kappa shape index (κ2) is 8.12. The van der Waals surface area contributed by atoms with E-state index in [2.05, 4.69) is 16.7 Å². The molecule has 0 saturated carbocycles. The van der Waals surface area contributed by atoms with Crippen molar-refractivity contribution in [3.63, 3.8) is 0 Å². The Labute approximate surface area is 126 Å². The van der Waals surface area contributed by atoms with Crippen LogP contribution < -0.4 is 15.4 Å². The number of hydrogen-bond acceptors (Lipinski definition) is 3. The minimum atomic E-state index is 0. The fourth-order valence-electron chi connectivity index (χ4n) is 2.46. The quantitative estimate of drug-likeness (QED) is 0.894. The third kappa shape index (κ3) is 4.69. The van der Waals surface area contributed by atoms with Gasteiger partial charge in [0.05, 0.1) is 7.11 Å². The Kier molecular flexibility index (Phi) is 6.82. The first-order valence-corrected chi connectivity index (χ1v) is 6.82. The minimum absolute atomic E-state index is 0. The maximum Gasteiger partial charge on any atom is 0.223 e. The first kappa shape index (κ1) is 16.8. The molecule has 2 N–H and O–H groups in total. The van der Waals surface area contributed by atoms with Crippen molar-refractivity contribution in [1.82, 2.24) is 10.6 Å². The van der Waals surface area contributed by atoms with Crippen LogP contribution in [0, 0.1) is 12.8 Å². The van der Waals surface area contributed by atoms with Crippen molar-refractivity contribution in [3.8, 4) is 5.75 Å². The summed E-state index contributed by atoms with van der Waals surface area (Å²) in [6.07, 6.45) is 1.87. The first-order valence-electron chi connectivity index (χ1n) is 6.82. The van der Waals surface area contributed by atoms with Gasteiger partial charge in [-0.05, 0) is 56.1 Å². The molecule has 0 unspecified atom stereocenters. The lowest BCUT2D eigenvalue weighted by molar-refractivity contribution is -0.125. The Morgan fingerprint density at radius 2 is 2.05 bits per heavy atom. The first-order chi connectivity index (χ1) is 9.19. The van der Waals surface area contributed by atoms with Crippen LogP contribution in [-0.4, -0.2) is 26.1 Å². The SMILES string of the molecule is COc1cc(C)cc(CNC(=O)C2CCNCC2)c1.Cl. The normalized spacial score (nSPS) is 15.3. The molecule has 1 aromatic carbocycles. The third-order valence-electron chi connectivity index (χ3n) is 3.52. The highest BCUT2D eigenvalue weighted by Crippen LogP contribution is 2.17. The highest BCUT2D eigenvalue weighted by Gasteiger charge is 2.20. The van der Waals surface area contributed by atoms with Crippen molar-refractivity contribution >= 4 is 18.3 Å². The molecule has 4 nitrogen and oxygen atoms in total. The summed E-state index contributed by atoms with van der Waals surface area (Å²) in [5, 5.41) is 6.29. The number of piperidine rings is 1. The van der Waals surface area contributed by atoms with Crippen molar-refractivity contribution < 1.29 is 9.53 Å². The van der Waals surface area contributed by atoms with E-state index in [1.165, 1.54) is 0 Å². The molecule has 1 fully saturated rings. The van der Waals surface area contributed by atoms with Gasteiger partial charge in [-0.1, -0.05) is 6.07 Å². The van der Waals surface area contributed by atoms with E-state index in [0.29, 0.717) is 6.54 Å². The molecule has 1 aromatic rings. The number of methoxy groups -OCH3 is 1. The second-order valence-electron chi connectivity index (χ2n) is 5.10. The summed E-state index contributed by atoms with van der Waals surface area (Å²) in [6, 6.07) is 6.03. The maximum atomic E-state index is 12.0. The monoisotopic (exact) mass is 298 g/mol. The molecule has 0 radical (unpaired) electrons. The Morgan fingerprint density at radius 1 is 1.35 bits per heavy atom. The zero-order chi connectivity index (χ0) is 13.7. The van der Waals surface area contributed by atoms with Gasteiger partial charge in [0.1, 0.15) is 5.75 Å². The number of carbonyl (C=O) groups is 1. The van der Waals surface area contributed by atoms with E-state index in [4.69, 9.17) is 4.74 Å². The number of benzene rings is 1. The maximum absolute atomic E-state index is 12.0. The fraction of sp³-hybridized carbons (Fsp3) is 0.533. The van der Waals surface area contributed by atoms with E-state index in [9.17, 15) is 4.79 Å². The molecule has 0 bridgehead atoms. The van der Waals surface area contributed by atoms with Gasteiger partial charge in [-0.15, -0.1) is 12.4 Å². The van der Waals surface area contributed by atoms with Crippen LogP contribution in [0.3, 0.4) is 0 Å². The Bertz CT molecular complexity index is 445. The predicted molar refractivity (Wildman–Crippen MR) is 82.4 cm³/mol. The third-order valence-corrected chi connectivity index (χ3v) is 3.52. The zero-order valence-corrected chi connectivity index (χ0v) is 12.9. The van der Waals surface area contributed by atoms with Gasteiger partial charge in [0.15, 0.2) is 0 Å². The number of halogens is 1. The largest absolute Gasteiger partial charge is 0.497 e. The number of rotatable bonds is 4. The van der Waals surface area contributed by atoms with Crippen LogP contribution in [-0.2, 0) is 11.3 Å². The van der Waals surface area contributed by atoms with Gasteiger partial charge in [-0.3, -0.25) is 4.79 Å². The van der Waals surface area contributed by atoms with Gasteiger partial charge in [0.2, 0.25) is 5.91 Å². The van der Waals surface area contributed by atoms with Gasteiger partial charge in [-0.2, -0.15) is 0 Å². The summed E-state index contributed by atoms with van der Waals surface area (Å²) in [4.78, 5) is 12.0. The molecule has 0 atom stereocenters. The topological polar surface area (TPSA) is 50.4 Å². The van der Waals surface area contributed by atoms with Gasteiger partial charge in [0, 0.05) is 12.5 Å². The van der Waals surface area contributed by atoms with E-state index >= 15 is 0 Å². The summed E-state index contributed by atoms with van der Waals surface area (Å²) >= 11 is 0. The van der Waals surface area contributed by atoms with Crippen LogP contribution in [0.2, 0.25) is 0 Å². The average molecular weight is 299 g/mol. The van der Waals surface area contributed by atoms with Gasteiger partial charge < -0.3 is 15.4 Å². The Hall–Kier alpha value is -1.26. The lowest BCUT2D eigenvalue weighted by Crippen LogP contribution is -2.37. The van der Waals surface area contributed by atoms with Crippen LogP contribution >= 0.6 is 12.4 Å². The van der Waals surface area contributed by atoms with Crippen LogP contribution in [0.1, 0.15) is 24.0 Å². The minimum Gasteiger partial charge on any atom is -0.497 e. The van der Waals surface area contributed by atoms with Crippen molar-refractivity contribution in [2.45, 2.75) is 26.3 Å². The number of ether oxygens (including phenoxy) is 1. The molecule has 1 aliphatic rings. The molecule has 20 heavy (non-hydrogen) atoms. The molecular formula is C15H23ClN2O2.